The van der Waals surface area contributed by atoms with Gasteiger partial charge in [0, 0.05) is 11.1 Å². The topological polar surface area (TPSA) is 79.4 Å². The molecule has 0 unspecified atom stereocenters. The molecule has 0 fully saturated rings. The summed E-state index contributed by atoms with van der Waals surface area (Å²) in [5.41, 5.74) is 5.22. The number of aromatic nitrogens is 2. The molecule has 1 amide bonds. The fourth-order valence-corrected chi connectivity index (χ4v) is 2.19. The Labute approximate surface area is 139 Å². The number of aromatic amines is 1. The number of carbonyl (C=O) groups is 1. The van der Waals surface area contributed by atoms with Gasteiger partial charge in [0.05, 0.1) is 19.0 Å². The molecule has 3 aromatic rings. The quantitative estimate of drug-likeness (QED) is 0.560. The van der Waals surface area contributed by atoms with Gasteiger partial charge in [-0.15, -0.1) is 0 Å². The van der Waals surface area contributed by atoms with Crippen LogP contribution in [0.2, 0.25) is 0 Å². The molecule has 6 nitrogen and oxygen atoms in total. The van der Waals surface area contributed by atoms with Crippen molar-refractivity contribution in [3.63, 3.8) is 0 Å². The lowest BCUT2D eigenvalue weighted by Crippen LogP contribution is -2.18. The van der Waals surface area contributed by atoms with E-state index >= 15 is 0 Å². The highest BCUT2D eigenvalue weighted by Crippen LogP contribution is 2.17. The molecule has 0 saturated heterocycles. The molecule has 3 rings (SSSR count). The number of benzene rings is 2. The summed E-state index contributed by atoms with van der Waals surface area (Å²) in [6.07, 6.45) is 1.53. The highest BCUT2D eigenvalue weighted by Gasteiger charge is 2.10. The van der Waals surface area contributed by atoms with E-state index in [2.05, 4.69) is 20.7 Å². The van der Waals surface area contributed by atoms with E-state index in [1.165, 1.54) is 6.21 Å². The molecule has 0 spiro atoms. The van der Waals surface area contributed by atoms with E-state index in [4.69, 9.17) is 4.74 Å². The van der Waals surface area contributed by atoms with Crippen molar-refractivity contribution in [2.24, 2.45) is 5.10 Å². The van der Waals surface area contributed by atoms with Gasteiger partial charge in [0.1, 0.15) is 11.4 Å². The van der Waals surface area contributed by atoms with Gasteiger partial charge in [-0.25, -0.2) is 5.43 Å². The number of carbonyl (C=O) groups excluding carboxylic acids is 1. The number of amides is 1. The lowest BCUT2D eigenvalue weighted by Gasteiger charge is -2.02. The lowest BCUT2D eigenvalue weighted by atomic mass is 10.1. The average molecular weight is 320 g/mol. The van der Waals surface area contributed by atoms with Crippen LogP contribution in [0.25, 0.3) is 11.3 Å². The Balaban J connectivity index is 1.68. The standard InChI is InChI=1S/C18H16N4O2/c1-24-17-10-6-5-9-14(17)12-19-22-18(23)16-11-15(20-21-16)13-7-3-2-4-8-13/h2-12H,1H3,(H,20,21)(H,22,23). The van der Waals surface area contributed by atoms with Crippen molar-refractivity contribution < 1.29 is 9.53 Å². The van der Waals surface area contributed by atoms with E-state index in [1.807, 2.05) is 54.6 Å². The highest BCUT2D eigenvalue weighted by molar-refractivity contribution is 5.94. The lowest BCUT2D eigenvalue weighted by molar-refractivity contribution is 0.0950. The smallest absolute Gasteiger partial charge is 0.289 e. The van der Waals surface area contributed by atoms with Gasteiger partial charge in [-0.3, -0.25) is 9.89 Å². The summed E-state index contributed by atoms with van der Waals surface area (Å²) in [5, 5.41) is 10.8. The van der Waals surface area contributed by atoms with Crippen LogP contribution in [0.4, 0.5) is 0 Å². The van der Waals surface area contributed by atoms with Crippen LogP contribution in [0.3, 0.4) is 0 Å². The summed E-state index contributed by atoms with van der Waals surface area (Å²) in [7, 11) is 1.58. The van der Waals surface area contributed by atoms with Gasteiger partial charge >= 0.3 is 0 Å². The van der Waals surface area contributed by atoms with Crippen LogP contribution in [0.5, 0.6) is 5.75 Å². The summed E-state index contributed by atoms with van der Waals surface area (Å²) in [6, 6.07) is 18.7. The normalized spacial score (nSPS) is 10.7. The van der Waals surface area contributed by atoms with E-state index in [0.717, 1.165) is 11.1 Å². The summed E-state index contributed by atoms with van der Waals surface area (Å²) in [5.74, 6) is 0.319. The average Bonchev–Trinajstić information content (AvgIpc) is 3.13. The molecule has 6 heteroatoms. The van der Waals surface area contributed by atoms with Gasteiger partial charge in [0.25, 0.3) is 5.91 Å². The fraction of sp³-hybridized carbons (Fsp3) is 0.0556. The Hall–Kier alpha value is -3.41. The first-order valence-electron chi connectivity index (χ1n) is 7.35. The second-order valence-electron chi connectivity index (χ2n) is 4.97. The molecule has 0 aliphatic carbocycles. The van der Waals surface area contributed by atoms with Crippen LogP contribution < -0.4 is 10.2 Å². The van der Waals surface area contributed by atoms with Gasteiger partial charge < -0.3 is 4.74 Å². The zero-order chi connectivity index (χ0) is 16.8. The van der Waals surface area contributed by atoms with Gasteiger partial charge in [-0.1, -0.05) is 42.5 Å². The van der Waals surface area contributed by atoms with Gasteiger partial charge in [-0.05, 0) is 18.2 Å². The number of para-hydroxylation sites is 1. The van der Waals surface area contributed by atoms with E-state index in [-0.39, 0.29) is 5.91 Å². The monoisotopic (exact) mass is 320 g/mol. The number of methoxy groups -OCH3 is 1. The molecule has 120 valence electrons. The number of nitrogens with zero attached hydrogens (tertiary/aromatic N) is 2. The van der Waals surface area contributed by atoms with Crippen LogP contribution in [0.1, 0.15) is 16.1 Å². The predicted molar refractivity (Wildman–Crippen MR) is 92.1 cm³/mol. The Morgan fingerprint density at radius 2 is 1.92 bits per heavy atom. The van der Waals surface area contributed by atoms with Crippen molar-refractivity contribution >= 4 is 12.1 Å². The third-order valence-electron chi connectivity index (χ3n) is 3.40. The second-order valence-corrected chi connectivity index (χ2v) is 4.97. The molecule has 1 heterocycles. The molecule has 0 aliphatic heterocycles. The highest BCUT2D eigenvalue weighted by atomic mass is 16.5. The summed E-state index contributed by atoms with van der Waals surface area (Å²) in [4.78, 5) is 12.1. The minimum atomic E-state index is -0.365. The van der Waals surface area contributed by atoms with Gasteiger partial charge in [-0.2, -0.15) is 10.2 Å². The Morgan fingerprint density at radius 3 is 2.71 bits per heavy atom. The third-order valence-corrected chi connectivity index (χ3v) is 3.40. The molecule has 1 aromatic heterocycles. The largest absolute Gasteiger partial charge is 0.496 e. The van der Waals surface area contributed by atoms with E-state index < -0.39 is 0 Å². The minimum absolute atomic E-state index is 0.339. The number of hydrogen-bond acceptors (Lipinski definition) is 4. The van der Waals surface area contributed by atoms with E-state index in [9.17, 15) is 4.79 Å². The Kier molecular flexibility index (Phi) is 4.67. The maximum Gasteiger partial charge on any atom is 0.289 e. The summed E-state index contributed by atoms with van der Waals surface area (Å²) in [6.45, 7) is 0. The summed E-state index contributed by atoms with van der Waals surface area (Å²) >= 11 is 0. The first kappa shape index (κ1) is 15.5. The van der Waals surface area contributed by atoms with Crippen molar-refractivity contribution in [3.05, 3.63) is 71.9 Å². The molecular weight excluding hydrogens is 304 g/mol. The van der Waals surface area contributed by atoms with Crippen molar-refractivity contribution in [2.75, 3.05) is 7.11 Å². The first-order valence-corrected chi connectivity index (χ1v) is 7.35. The SMILES string of the molecule is COc1ccccc1C=NNC(=O)c1cc(-c2ccccc2)n[nH]1. The molecule has 2 N–H and O–H groups in total. The Morgan fingerprint density at radius 1 is 1.17 bits per heavy atom. The third kappa shape index (κ3) is 3.49. The number of H-pyrrole nitrogens is 1. The molecule has 0 aliphatic rings. The van der Waals surface area contributed by atoms with Crippen LogP contribution >= 0.6 is 0 Å². The molecular formula is C18H16N4O2. The van der Waals surface area contributed by atoms with Crippen LogP contribution in [-0.2, 0) is 0 Å². The van der Waals surface area contributed by atoms with Gasteiger partial charge in [0.15, 0.2) is 0 Å². The Bertz CT molecular complexity index is 856. The van der Waals surface area contributed by atoms with Crippen molar-refractivity contribution in [1.82, 2.24) is 15.6 Å². The van der Waals surface area contributed by atoms with Gasteiger partial charge in [0.2, 0.25) is 0 Å². The van der Waals surface area contributed by atoms with Crippen molar-refractivity contribution in [2.45, 2.75) is 0 Å². The number of nitrogens with one attached hydrogen (secondary N) is 2. The number of hydrazone groups is 1. The predicted octanol–water partition coefficient (Wildman–Crippen LogP) is 2.85. The maximum atomic E-state index is 12.1. The van der Waals surface area contributed by atoms with Crippen LogP contribution in [0, 0.1) is 0 Å². The van der Waals surface area contributed by atoms with Crippen molar-refractivity contribution in [1.29, 1.82) is 0 Å². The van der Waals surface area contributed by atoms with E-state index in [1.54, 1.807) is 13.2 Å². The molecule has 0 saturated carbocycles. The molecule has 2 aromatic carbocycles. The van der Waals surface area contributed by atoms with E-state index in [0.29, 0.717) is 17.1 Å². The van der Waals surface area contributed by atoms with Crippen molar-refractivity contribution in [3.8, 4) is 17.0 Å². The molecule has 0 bridgehead atoms. The maximum absolute atomic E-state index is 12.1. The fourth-order valence-electron chi connectivity index (χ4n) is 2.19. The zero-order valence-corrected chi connectivity index (χ0v) is 13.1. The number of ether oxygens (including phenoxy) is 1. The first-order chi connectivity index (χ1) is 11.8. The van der Waals surface area contributed by atoms with Crippen LogP contribution in [-0.4, -0.2) is 29.4 Å². The number of rotatable bonds is 5. The number of hydrogen-bond donors (Lipinski definition) is 2. The van der Waals surface area contributed by atoms with Crippen LogP contribution in [0.15, 0.2) is 65.8 Å². The molecule has 24 heavy (non-hydrogen) atoms. The minimum Gasteiger partial charge on any atom is -0.496 e. The second kappa shape index (κ2) is 7.23. The zero-order valence-electron chi connectivity index (χ0n) is 13.1. The molecule has 0 radical (unpaired) electrons. The molecule has 0 atom stereocenters. The summed E-state index contributed by atoms with van der Waals surface area (Å²) < 4.78 is 5.22.